The highest BCUT2D eigenvalue weighted by Gasteiger charge is 2.26. The number of hydrogen-bond donors (Lipinski definition) is 0. The molecular weight excluding hydrogens is 365 g/mol. The SMILES string of the molecule is Fc1ccc(Cc2cnnn2C2CCc3[c]c4cccc(F)n4c3C2)c(F)c1. The monoisotopic (exact) mass is 381 g/mol. The molecule has 0 aliphatic heterocycles. The Morgan fingerprint density at radius 1 is 1.14 bits per heavy atom. The van der Waals surface area contributed by atoms with Crippen molar-refractivity contribution in [3.05, 3.63) is 88.8 Å². The average Bonchev–Trinajstić information content (AvgIpc) is 3.28. The highest BCUT2D eigenvalue weighted by molar-refractivity contribution is 5.53. The van der Waals surface area contributed by atoms with Crippen LogP contribution in [-0.2, 0) is 19.3 Å². The van der Waals surface area contributed by atoms with Crippen molar-refractivity contribution < 1.29 is 13.2 Å². The number of nitrogens with zero attached hydrogens (tertiary/aromatic N) is 4. The number of aromatic nitrogens is 4. The fourth-order valence-corrected chi connectivity index (χ4v) is 4.04. The van der Waals surface area contributed by atoms with Gasteiger partial charge in [-0.1, -0.05) is 17.3 Å². The second-order valence-electron chi connectivity index (χ2n) is 7.10. The van der Waals surface area contributed by atoms with Crippen molar-refractivity contribution in [2.45, 2.75) is 31.7 Å². The molecule has 0 fully saturated rings. The zero-order valence-corrected chi connectivity index (χ0v) is 14.9. The molecule has 0 amide bonds. The average molecular weight is 381 g/mol. The van der Waals surface area contributed by atoms with Gasteiger partial charge in [0.25, 0.3) is 0 Å². The minimum absolute atomic E-state index is 0.0142. The molecule has 0 N–H and O–H groups in total. The van der Waals surface area contributed by atoms with Crippen LogP contribution in [0, 0.1) is 23.6 Å². The van der Waals surface area contributed by atoms with Crippen molar-refractivity contribution in [2.75, 3.05) is 0 Å². The van der Waals surface area contributed by atoms with Gasteiger partial charge in [0.1, 0.15) is 11.6 Å². The molecule has 3 heterocycles. The summed E-state index contributed by atoms with van der Waals surface area (Å²) in [6.07, 6.45) is 4.01. The summed E-state index contributed by atoms with van der Waals surface area (Å²) in [5.41, 5.74) is 3.75. The van der Waals surface area contributed by atoms with Gasteiger partial charge in [-0.05, 0) is 42.2 Å². The van der Waals surface area contributed by atoms with Gasteiger partial charge in [-0.2, -0.15) is 4.39 Å². The summed E-state index contributed by atoms with van der Waals surface area (Å²) >= 11 is 0. The van der Waals surface area contributed by atoms with Gasteiger partial charge in [-0.15, -0.1) is 5.10 Å². The third kappa shape index (κ3) is 2.78. The topological polar surface area (TPSA) is 35.1 Å². The predicted octanol–water partition coefficient (Wildman–Crippen LogP) is 4.07. The highest BCUT2D eigenvalue weighted by Crippen LogP contribution is 2.32. The molecule has 28 heavy (non-hydrogen) atoms. The first-order valence-electron chi connectivity index (χ1n) is 9.13. The summed E-state index contributed by atoms with van der Waals surface area (Å²) in [5.74, 6) is -1.51. The third-order valence-electron chi connectivity index (χ3n) is 5.38. The molecule has 141 valence electrons. The van der Waals surface area contributed by atoms with Crippen LogP contribution in [0.15, 0.2) is 42.6 Å². The summed E-state index contributed by atoms with van der Waals surface area (Å²) in [7, 11) is 0. The minimum atomic E-state index is -0.605. The number of pyridine rings is 1. The molecule has 1 radical (unpaired) electrons. The Bertz CT molecular complexity index is 1180. The number of hydrogen-bond acceptors (Lipinski definition) is 2. The molecule has 0 saturated heterocycles. The lowest BCUT2D eigenvalue weighted by Crippen LogP contribution is -2.22. The van der Waals surface area contributed by atoms with E-state index in [1.54, 1.807) is 21.3 Å². The van der Waals surface area contributed by atoms with E-state index in [9.17, 15) is 13.2 Å². The van der Waals surface area contributed by atoms with E-state index in [1.165, 1.54) is 18.2 Å². The Morgan fingerprint density at radius 2 is 2.04 bits per heavy atom. The molecule has 0 bridgehead atoms. The van der Waals surface area contributed by atoms with E-state index < -0.39 is 11.6 Å². The molecule has 1 aliphatic rings. The van der Waals surface area contributed by atoms with Gasteiger partial charge in [-0.25, -0.2) is 13.5 Å². The summed E-state index contributed by atoms with van der Waals surface area (Å²) in [6, 6.07) is 11.8. The normalized spacial score (nSPS) is 16.5. The Kier molecular flexibility index (Phi) is 3.96. The Morgan fingerprint density at radius 3 is 2.89 bits per heavy atom. The lowest BCUT2D eigenvalue weighted by Gasteiger charge is -2.24. The van der Waals surface area contributed by atoms with E-state index in [2.05, 4.69) is 16.4 Å². The van der Waals surface area contributed by atoms with Crippen LogP contribution >= 0.6 is 0 Å². The first-order chi connectivity index (χ1) is 13.6. The number of rotatable bonds is 3. The second-order valence-corrected chi connectivity index (χ2v) is 7.10. The Balaban J connectivity index is 1.47. The quantitative estimate of drug-likeness (QED) is 0.502. The molecule has 0 spiro atoms. The van der Waals surface area contributed by atoms with Crippen LogP contribution < -0.4 is 0 Å². The lowest BCUT2D eigenvalue weighted by atomic mass is 9.93. The van der Waals surface area contributed by atoms with Crippen LogP contribution in [0.5, 0.6) is 0 Å². The van der Waals surface area contributed by atoms with E-state index in [0.29, 0.717) is 12.0 Å². The molecule has 3 aromatic heterocycles. The standard InChI is InChI=1S/C21H16F3N4/c22-15-6-4-13(19(23)10-15)8-18-12-25-26-28(18)17-7-5-14-9-16-2-1-3-21(24)27(16)20(14)11-17/h1-4,6,10,12,17H,5,7-8,11H2. The zero-order valence-electron chi connectivity index (χ0n) is 14.9. The second kappa shape index (κ2) is 6.51. The molecule has 1 aromatic carbocycles. The van der Waals surface area contributed by atoms with Gasteiger partial charge >= 0.3 is 0 Å². The fraction of sp³-hybridized carbons (Fsp3) is 0.238. The van der Waals surface area contributed by atoms with E-state index in [1.807, 2.05) is 6.07 Å². The smallest absolute Gasteiger partial charge is 0.198 e. The zero-order chi connectivity index (χ0) is 19.3. The molecular formula is C21H16F3N4. The number of halogens is 3. The number of fused-ring (bicyclic) bond motifs is 3. The maximum Gasteiger partial charge on any atom is 0.198 e. The van der Waals surface area contributed by atoms with Crippen LogP contribution in [0.25, 0.3) is 5.52 Å². The highest BCUT2D eigenvalue weighted by atomic mass is 19.1. The van der Waals surface area contributed by atoms with Gasteiger partial charge in [-0.3, -0.25) is 4.40 Å². The van der Waals surface area contributed by atoms with E-state index in [4.69, 9.17) is 0 Å². The summed E-state index contributed by atoms with van der Waals surface area (Å²) in [4.78, 5) is 0. The fourth-order valence-electron chi connectivity index (χ4n) is 4.04. The maximum atomic E-state index is 14.4. The van der Waals surface area contributed by atoms with Crippen molar-refractivity contribution in [3.63, 3.8) is 0 Å². The van der Waals surface area contributed by atoms with E-state index in [-0.39, 0.29) is 18.4 Å². The van der Waals surface area contributed by atoms with Crippen molar-refractivity contribution in [2.24, 2.45) is 0 Å². The van der Waals surface area contributed by atoms with Gasteiger partial charge in [0.15, 0.2) is 5.95 Å². The molecule has 5 rings (SSSR count). The largest absolute Gasteiger partial charge is 0.290 e. The third-order valence-corrected chi connectivity index (χ3v) is 5.38. The maximum absolute atomic E-state index is 14.4. The van der Waals surface area contributed by atoms with Crippen LogP contribution in [0.3, 0.4) is 0 Å². The molecule has 7 heteroatoms. The number of aryl methyl sites for hydroxylation is 1. The molecule has 0 saturated carbocycles. The van der Waals surface area contributed by atoms with Crippen LogP contribution in [0.4, 0.5) is 13.2 Å². The van der Waals surface area contributed by atoms with Crippen molar-refractivity contribution in [1.29, 1.82) is 0 Å². The van der Waals surface area contributed by atoms with Gasteiger partial charge < -0.3 is 0 Å². The summed E-state index contributed by atoms with van der Waals surface area (Å²) < 4.78 is 44.9. The van der Waals surface area contributed by atoms with Gasteiger partial charge in [0.05, 0.1) is 23.4 Å². The van der Waals surface area contributed by atoms with Gasteiger partial charge in [0, 0.05) is 30.7 Å². The first kappa shape index (κ1) is 17.0. The molecule has 1 atom stereocenters. The lowest BCUT2D eigenvalue weighted by molar-refractivity contribution is 0.379. The summed E-state index contributed by atoms with van der Waals surface area (Å²) in [6.45, 7) is 0. The van der Waals surface area contributed by atoms with E-state index >= 15 is 0 Å². The molecule has 4 nitrogen and oxygen atoms in total. The van der Waals surface area contributed by atoms with Crippen LogP contribution in [-0.4, -0.2) is 19.4 Å². The Hall–Kier alpha value is -3.09. The van der Waals surface area contributed by atoms with Crippen molar-refractivity contribution >= 4 is 5.52 Å². The van der Waals surface area contributed by atoms with Crippen LogP contribution in [0.2, 0.25) is 0 Å². The van der Waals surface area contributed by atoms with Crippen LogP contribution in [0.1, 0.15) is 35.0 Å². The molecule has 1 unspecified atom stereocenters. The molecule has 1 aliphatic carbocycles. The van der Waals surface area contributed by atoms with Crippen molar-refractivity contribution in [1.82, 2.24) is 19.4 Å². The van der Waals surface area contributed by atoms with E-state index in [0.717, 1.165) is 41.4 Å². The number of benzene rings is 1. The molecule has 4 aromatic rings. The minimum Gasteiger partial charge on any atom is -0.290 e. The first-order valence-corrected chi connectivity index (χ1v) is 9.13. The van der Waals surface area contributed by atoms with Crippen molar-refractivity contribution in [3.8, 4) is 0 Å². The van der Waals surface area contributed by atoms with Gasteiger partial charge in [0.2, 0.25) is 0 Å². The summed E-state index contributed by atoms with van der Waals surface area (Å²) in [5, 5.41) is 8.19. The Labute approximate surface area is 159 Å². The predicted molar refractivity (Wildman–Crippen MR) is 96.4 cm³/mol.